The highest BCUT2D eigenvalue weighted by Crippen LogP contribution is 2.33. The lowest BCUT2D eigenvalue weighted by Crippen LogP contribution is -2.53. The number of benzene rings is 1. The molecule has 0 saturated carbocycles. The van der Waals surface area contributed by atoms with Crippen LogP contribution in [0.4, 0.5) is 4.79 Å². The second-order valence-corrected chi connectivity index (χ2v) is 7.49. The van der Waals surface area contributed by atoms with Crippen molar-refractivity contribution in [3.63, 3.8) is 0 Å². The summed E-state index contributed by atoms with van der Waals surface area (Å²) < 4.78 is 7.04. The van der Waals surface area contributed by atoms with Crippen LogP contribution < -0.4 is 4.74 Å². The van der Waals surface area contributed by atoms with Gasteiger partial charge in [0.25, 0.3) is 0 Å². The van der Waals surface area contributed by atoms with Crippen LogP contribution in [-0.2, 0) is 0 Å². The van der Waals surface area contributed by atoms with Gasteiger partial charge in [-0.2, -0.15) is 0 Å². The highest BCUT2D eigenvalue weighted by Gasteiger charge is 2.39. The van der Waals surface area contributed by atoms with Crippen molar-refractivity contribution >= 4 is 22.0 Å². The Morgan fingerprint density at radius 2 is 1.95 bits per heavy atom. The molecule has 1 aliphatic rings. The summed E-state index contributed by atoms with van der Waals surface area (Å²) in [6.07, 6.45) is 0.684. The number of halogens is 1. The summed E-state index contributed by atoms with van der Waals surface area (Å²) >= 11 is 3.40. The lowest BCUT2D eigenvalue weighted by atomic mass is 9.80. The van der Waals surface area contributed by atoms with Crippen LogP contribution in [0.2, 0.25) is 0 Å². The lowest BCUT2D eigenvalue weighted by Gasteiger charge is -2.44. The smallest absolute Gasteiger partial charge is 0.407 e. The van der Waals surface area contributed by atoms with Crippen LogP contribution in [0.25, 0.3) is 0 Å². The van der Waals surface area contributed by atoms with E-state index in [9.17, 15) is 9.90 Å². The first-order chi connectivity index (χ1) is 9.77. The number of hydrogen-bond acceptors (Lipinski definition) is 2. The number of amides is 1. The molecule has 1 heterocycles. The molecule has 4 nitrogen and oxygen atoms in total. The zero-order valence-electron chi connectivity index (χ0n) is 12.7. The summed E-state index contributed by atoms with van der Waals surface area (Å²) in [4.78, 5) is 13.0. The maximum absolute atomic E-state index is 11.4. The fourth-order valence-corrected chi connectivity index (χ4v) is 3.06. The Balaban J connectivity index is 2.07. The van der Waals surface area contributed by atoms with Crippen LogP contribution in [0.3, 0.4) is 0 Å². The van der Waals surface area contributed by atoms with Gasteiger partial charge in [-0.15, -0.1) is 0 Å². The highest BCUT2D eigenvalue weighted by atomic mass is 79.9. The number of likely N-dealkylation sites (tertiary alicyclic amines) is 1. The van der Waals surface area contributed by atoms with Gasteiger partial charge in [0, 0.05) is 29.9 Å². The van der Waals surface area contributed by atoms with E-state index in [4.69, 9.17) is 4.74 Å². The molecule has 0 spiro atoms. The Kier molecular flexibility index (Phi) is 4.81. The van der Waals surface area contributed by atoms with Crippen molar-refractivity contribution in [3.05, 3.63) is 28.7 Å². The predicted molar refractivity (Wildman–Crippen MR) is 85.8 cm³/mol. The molecule has 2 atom stereocenters. The molecule has 1 fully saturated rings. The van der Waals surface area contributed by atoms with Crippen molar-refractivity contribution < 1.29 is 14.6 Å². The monoisotopic (exact) mass is 355 g/mol. The minimum Gasteiger partial charge on any atom is -0.490 e. The molecule has 0 aromatic heterocycles. The minimum absolute atomic E-state index is 0.0239. The Bertz CT molecular complexity index is 495. The Morgan fingerprint density at radius 1 is 1.33 bits per heavy atom. The normalized spacial score (nSPS) is 23.0. The van der Waals surface area contributed by atoms with E-state index < -0.39 is 6.09 Å². The average molecular weight is 356 g/mol. The van der Waals surface area contributed by atoms with Crippen LogP contribution in [-0.4, -0.2) is 34.8 Å². The first kappa shape index (κ1) is 16.1. The Hall–Kier alpha value is -1.23. The molecule has 1 aromatic rings. The standard InChI is InChI=1S/C16H22BrNO3/c1-16(2,3)14-10-13(8-9-18(14)15(19)20)21-12-6-4-11(17)5-7-12/h4-7,13-14H,8-10H2,1-3H3,(H,19,20). The fraction of sp³-hybridized carbons (Fsp3) is 0.562. The number of nitrogens with zero attached hydrogens (tertiary/aromatic N) is 1. The molecule has 5 heteroatoms. The van der Waals surface area contributed by atoms with Crippen LogP contribution in [0.15, 0.2) is 28.7 Å². The van der Waals surface area contributed by atoms with Gasteiger partial charge in [0.1, 0.15) is 11.9 Å². The van der Waals surface area contributed by atoms with Gasteiger partial charge >= 0.3 is 6.09 Å². The van der Waals surface area contributed by atoms with Gasteiger partial charge in [-0.05, 0) is 29.7 Å². The van der Waals surface area contributed by atoms with Gasteiger partial charge in [0.15, 0.2) is 0 Å². The zero-order chi connectivity index (χ0) is 15.6. The SMILES string of the molecule is CC(C)(C)C1CC(Oc2ccc(Br)cc2)CCN1C(=O)O. The van der Waals surface area contributed by atoms with E-state index in [0.29, 0.717) is 6.54 Å². The number of carboxylic acid groups (broad SMARTS) is 1. The lowest BCUT2D eigenvalue weighted by molar-refractivity contribution is 0.0130. The molecule has 0 radical (unpaired) electrons. The molecule has 116 valence electrons. The molecular formula is C16H22BrNO3. The van der Waals surface area contributed by atoms with Crippen molar-refractivity contribution in [1.82, 2.24) is 4.90 Å². The van der Waals surface area contributed by atoms with Crippen LogP contribution >= 0.6 is 15.9 Å². The van der Waals surface area contributed by atoms with Gasteiger partial charge in [0.2, 0.25) is 0 Å². The van der Waals surface area contributed by atoms with Gasteiger partial charge in [-0.3, -0.25) is 0 Å². The molecule has 0 aliphatic carbocycles. The second-order valence-electron chi connectivity index (χ2n) is 6.58. The third-order valence-electron chi connectivity index (χ3n) is 3.92. The van der Waals surface area contributed by atoms with E-state index in [2.05, 4.69) is 36.7 Å². The molecular weight excluding hydrogens is 334 g/mol. The van der Waals surface area contributed by atoms with Crippen molar-refractivity contribution in [2.75, 3.05) is 6.54 Å². The van der Waals surface area contributed by atoms with E-state index >= 15 is 0 Å². The molecule has 1 saturated heterocycles. The summed E-state index contributed by atoms with van der Waals surface area (Å²) in [5, 5.41) is 9.36. The predicted octanol–water partition coefficient (Wildman–Crippen LogP) is 4.39. The Labute approximate surface area is 134 Å². The first-order valence-corrected chi connectivity index (χ1v) is 7.98. The van der Waals surface area contributed by atoms with E-state index in [1.165, 1.54) is 0 Å². The summed E-state index contributed by atoms with van der Waals surface area (Å²) in [6.45, 7) is 6.76. The number of rotatable bonds is 2. The molecule has 2 unspecified atom stereocenters. The van der Waals surface area contributed by atoms with E-state index in [-0.39, 0.29) is 17.6 Å². The molecule has 1 N–H and O–H groups in total. The third-order valence-corrected chi connectivity index (χ3v) is 4.44. The summed E-state index contributed by atoms with van der Waals surface area (Å²) in [7, 11) is 0. The van der Waals surface area contributed by atoms with Crippen molar-refractivity contribution in [2.24, 2.45) is 5.41 Å². The van der Waals surface area contributed by atoms with Crippen molar-refractivity contribution in [1.29, 1.82) is 0 Å². The number of hydrogen-bond donors (Lipinski definition) is 1. The topological polar surface area (TPSA) is 49.8 Å². The first-order valence-electron chi connectivity index (χ1n) is 7.19. The summed E-state index contributed by atoms with van der Waals surface area (Å²) in [6, 6.07) is 7.73. The molecule has 1 aliphatic heterocycles. The minimum atomic E-state index is -0.836. The van der Waals surface area contributed by atoms with Crippen molar-refractivity contribution in [3.8, 4) is 5.75 Å². The van der Waals surface area contributed by atoms with Crippen LogP contribution in [0.5, 0.6) is 5.75 Å². The van der Waals surface area contributed by atoms with Gasteiger partial charge in [-0.1, -0.05) is 36.7 Å². The average Bonchev–Trinajstić information content (AvgIpc) is 2.40. The number of ether oxygens (including phenoxy) is 1. The van der Waals surface area contributed by atoms with E-state index in [1.54, 1.807) is 4.90 Å². The quantitative estimate of drug-likeness (QED) is 0.855. The summed E-state index contributed by atoms with van der Waals surface area (Å²) in [5.74, 6) is 0.833. The summed E-state index contributed by atoms with van der Waals surface area (Å²) in [5.41, 5.74) is -0.0971. The van der Waals surface area contributed by atoms with Crippen LogP contribution in [0.1, 0.15) is 33.6 Å². The zero-order valence-corrected chi connectivity index (χ0v) is 14.3. The number of piperidine rings is 1. The van der Waals surface area contributed by atoms with E-state index in [1.807, 2.05) is 24.3 Å². The third kappa shape index (κ3) is 4.13. The molecule has 2 rings (SSSR count). The van der Waals surface area contributed by atoms with Gasteiger partial charge < -0.3 is 14.7 Å². The van der Waals surface area contributed by atoms with Gasteiger partial charge in [-0.25, -0.2) is 4.79 Å². The number of carbonyl (C=O) groups is 1. The molecule has 0 bridgehead atoms. The highest BCUT2D eigenvalue weighted by molar-refractivity contribution is 9.10. The van der Waals surface area contributed by atoms with E-state index in [0.717, 1.165) is 23.1 Å². The largest absolute Gasteiger partial charge is 0.490 e. The fourth-order valence-electron chi connectivity index (χ4n) is 2.80. The van der Waals surface area contributed by atoms with Crippen molar-refractivity contribution in [2.45, 2.75) is 45.8 Å². The molecule has 21 heavy (non-hydrogen) atoms. The Morgan fingerprint density at radius 3 is 2.48 bits per heavy atom. The molecule has 1 aromatic carbocycles. The van der Waals surface area contributed by atoms with Gasteiger partial charge in [0.05, 0.1) is 0 Å². The van der Waals surface area contributed by atoms with Crippen LogP contribution in [0, 0.1) is 5.41 Å². The maximum Gasteiger partial charge on any atom is 0.407 e. The maximum atomic E-state index is 11.4. The second kappa shape index (κ2) is 6.26. The molecule has 1 amide bonds.